The number of benzene rings is 1. The van der Waals surface area contributed by atoms with Gasteiger partial charge in [-0.15, -0.1) is 0 Å². The van der Waals surface area contributed by atoms with E-state index in [2.05, 4.69) is 16.8 Å². The van der Waals surface area contributed by atoms with Crippen molar-refractivity contribution in [3.05, 3.63) is 46.9 Å². The summed E-state index contributed by atoms with van der Waals surface area (Å²) in [4.78, 5) is 6.28. The summed E-state index contributed by atoms with van der Waals surface area (Å²) in [5.41, 5.74) is -0.0234. The summed E-state index contributed by atoms with van der Waals surface area (Å²) in [5.74, 6) is -4.02. The Morgan fingerprint density at radius 1 is 1.16 bits per heavy atom. The quantitative estimate of drug-likeness (QED) is 0.524. The van der Waals surface area contributed by atoms with Crippen LogP contribution in [-0.4, -0.2) is 50.0 Å². The van der Waals surface area contributed by atoms with Crippen LogP contribution in [0.3, 0.4) is 0 Å². The molecule has 11 heteroatoms. The van der Waals surface area contributed by atoms with E-state index in [9.17, 15) is 17.2 Å². The molecule has 1 aromatic heterocycles. The van der Waals surface area contributed by atoms with Gasteiger partial charge in [0.15, 0.2) is 10.7 Å². The van der Waals surface area contributed by atoms with Crippen LogP contribution in [0.2, 0.25) is 5.02 Å². The monoisotopic (exact) mass is 474 g/mol. The molecular weight excluding hydrogens is 453 g/mol. The number of halogens is 4. The van der Waals surface area contributed by atoms with E-state index in [4.69, 9.17) is 11.6 Å². The fourth-order valence-corrected chi connectivity index (χ4v) is 5.83. The Morgan fingerprint density at radius 3 is 2.55 bits per heavy atom. The van der Waals surface area contributed by atoms with E-state index in [1.54, 1.807) is 4.90 Å². The van der Waals surface area contributed by atoms with Crippen LogP contribution in [0.5, 0.6) is 0 Å². The first kappa shape index (κ1) is 22.2. The third kappa shape index (κ3) is 4.20. The van der Waals surface area contributed by atoms with Crippen molar-refractivity contribution in [2.45, 2.75) is 36.6 Å². The number of rotatable bonds is 5. The maximum Gasteiger partial charge on any atom is 0.268 e. The van der Waals surface area contributed by atoms with E-state index in [1.807, 2.05) is 4.72 Å². The highest BCUT2D eigenvalue weighted by Gasteiger charge is 2.41. The summed E-state index contributed by atoms with van der Waals surface area (Å²) >= 11 is 6.17. The van der Waals surface area contributed by atoms with E-state index in [-0.39, 0.29) is 11.2 Å². The highest BCUT2D eigenvalue weighted by molar-refractivity contribution is 7.92. The largest absolute Gasteiger partial charge is 0.368 e. The van der Waals surface area contributed by atoms with Crippen LogP contribution in [0.25, 0.3) is 0 Å². The predicted octanol–water partition coefficient (Wildman–Crippen LogP) is 4.02. The minimum atomic E-state index is -4.73. The lowest BCUT2D eigenvalue weighted by Gasteiger charge is -2.35. The van der Waals surface area contributed by atoms with Gasteiger partial charge in [0.2, 0.25) is 5.95 Å². The molecule has 0 aliphatic carbocycles. The summed E-state index contributed by atoms with van der Waals surface area (Å²) in [6.07, 6.45) is 3.05. The number of sulfonamides is 1. The minimum absolute atomic E-state index is 0.113. The Bertz CT molecular complexity index is 1110. The van der Waals surface area contributed by atoms with Gasteiger partial charge in [-0.3, -0.25) is 9.62 Å². The van der Waals surface area contributed by atoms with E-state index in [0.717, 1.165) is 50.6 Å². The number of likely N-dealkylation sites (tertiary alicyclic amines) is 1. The average Bonchev–Trinajstić information content (AvgIpc) is 3.35. The maximum atomic E-state index is 15.0. The third-order valence-electron chi connectivity index (χ3n) is 5.98. The van der Waals surface area contributed by atoms with Crippen molar-refractivity contribution >= 4 is 33.1 Å². The summed E-state index contributed by atoms with van der Waals surface area (Å²) in [7, 11) is -4.73. The number of aromatic nitrogens is 1. The van der Waals surface area contributed by atoms with Crippen LogP contribution in [0.4, 0.5) is 24.7 Å². The topological polar surface area (TPSA) is 65.5 Å². The number of hydrogen-bond donors (Lipinski definition) is 1. The molecule has 3 heterocycles. The number of anilines is 2. The second kappa shape index (κ2) is 8.14. The Hall–Kier alpha value is -2.04. The lowest BCUT2D eigenvalue weighted by atomic mass is 9.99. The Labute approximate surface area is 184 Å². The van der Waals surface area contributed by atoms with E-state index in [1.165, 1.54) is 6.07 Å². The Balaban J connectivity index is 1.64. The predicted molar refractivity (Wildman–Crippen MR) is 112 cm³/mol. The maximum absolute atomic E-state index is 15.0. The molecule has 0 saturated carbocycles. The second-order valence-corrected chi connectivity index (χ2v) is 10.1. The van der Waals surface area contributed by atoms with Crippen LogP contribution in [0, 0.1) is 17.6 Å². The SMILES string of the molecule is CC1(N2CCCC2)CCN(c2cc(F)c(S(=O)(=O)Nc3cccc(F)n3)c(F)c2Cl)C1. The molecule has 2 aromatic rings. The van der Waals surface area contributed by atoms with Gasteiger partial charge in [0.05, 0.1) is 5.69 Å². The van der Waals surface area contributed by atoms with Gasteiger partial charge < -0.3 is 4.90 Å². The minimum Gasteiger partial charge on any atom is -0.368 e. The van der Waals surface area contributed by atoms with Crippen LogP contribution >= 0.6 is 11.6 Å². The molecule has 0 bridgehead atoms. The van der Waals surface area contributed by atoms with E-state index >= 15 is 4.39 Å². The van der Waals surface area contributed by atoms with Crippen molar-refractivity contribution in [2.24, 2.45) is 0 Å². The van der Waals surface area contributed by atoms with Gasteiger partial charge in [0.1, 0.15) is 16.7 Å². The van der Waals surface area contributed by atoms with Gasteiger partial charge in [-0.25, -0.2) is 22.2 Å². The van der Waals surface area contributed by atoms with Crippen molar-refractivity contribution in [1.29, 1.82) is 0 Å². The molecule has 2 aliphatic rings. The third-order valence-corrected chi connectivity index (χ3v) is 7.73. The molecule has 4 rings (SSSR count). The molecule has 6 nitrogen and oxygen atoms in total. The lowest BCUT2D eigenvalue weighted by Crippen LogP contribution is -2.46. The van der Waals surface area contributed by atoms with Gasteiger partial charge in [-0.05, 0) is 51.4 Å². The Kier molecular flexibility index (Phi) is 5.82. The fraction of sp³-hybridized carbons (Fsp3) is 0.450. The van der Waals surface area contributed by atoms with Crippen LogP contribution in [-0.2, 0) is 10.0 Å². The summed E-state index contributed by atoms with van der Waals surface area (Å²) < 4.78 is 70.2. The van der Waals surface area contributed by atoms with Crippen molar-refractivity contribution < 1.29 is 21.6 Å². The smallest absolute Gasteiger partial charge is 0.268 e. The first-order valence-corrected chi connectivity index (χ1v) is 11.8. The summed E-state index contributed by atoms with van der Waals surface area (Å²) in [5, 5.41) is -0.473. The number of pyridine rings is 1. The van der Waals surface area contributed by atoms with Crippen molar-refractivity contribution in [3.63, 3.8) is 0 Å². The molecule has 0 radical (unpaired) electrons. The molecule has 1 aromatic carbocycles. The van der Waals surface area contributed by atoms with Crippen molar-refractivity contribution in [3.8, 4) is 0 Å². The van der Waals surface area contributed by atoms with Gasteiger partial charge >= 0.3 is 0 Å². The highest BCUT2D eigenvalue weighted by Crippen LogP contribution is 2.40. The number of hydrogen-bond acceptors (Lipinski definition) is 5. The van der Waals surface area contributed by atoms with Gasteiger partial charge in [0, 0.05) is 24.7 Å². The molecule has 1 atom stereocenters. The zero-order chi connectivity index (χ0) is 22.4. The van der Waals surface area contributed by atoms with Gasteiger partial charge in [0.25, 0.3) is 10.0 Å². The first-order chi connectivity index (χ1) is 14.6. The van der Waals surface area contributed by atoms with Crippen LogP contribution in [0.1, 0.15) is 26.2 Å². The normalized spacial score (nSPS) is 22.3. The van der Waals surface area contributed by atoms with Gasteiger partial charge in [-0.2, -0.15) is 4.39 Å². The fourth-order valence-electron chi connectivity index (χ4n) is 4.36. The molecule has 31 heavy (non-hydrogen) atoms. The standard InChI is InChI=1S/C20H22ClF3N4O2S/c1-20(28-8-2-3-9-28)7-10-27(12-20)14-11-13(22)19(18(24)17(14)21)31(29,30)26-16-6-4-5-15(23)25-16/h4-6,11H,2-3,7-10,12H2,1H3,(H,25,26). The molecule has 2 saturated heterocycles. The average molecular weight is 475 g/mol. The van der Waals surface area contributed by atoms with E-state index < -0.39 is 43.3 Å². The molecule has 0 spiro atoms. The molecule has 2 aliphatic heterocycles. The molecular formula is C20H22ClF3N4O2S. The van der Waals surface area contributed by atoms with E-state index in [0.29, 0.717) is 13.1 Å². The highest BCUT2D eigenvalue weighted by atomic mass is 35.5. The van der Waals surface area contributed by atoms with Crippen molar-refractivity contribution in [1.82, 2.24) is 9.88 Å². The molecule has 1 N–H and O–H groups in total. The zero-order valence-electron chi connectivity index (χ0n) is 16.8. The van der Waals surface area contributed by atoms with Crippen molar-refractivity contribution in [2.75, 3.05) is 35.8 Å². The lowest BCUT2D eigenvalue weighted by molar-refractivity contribution is 0.157. The molecule has 168 valence electrons. The summed E-state index contributed by atoms with van der Waals surface area (Å²) in [6, 6.07) is 4.33. The number of nitrogens with one attached hydrogen (secondary N) is 1. The number of nitrogens with zero attached hydrogens (tertiary/aromatic N) is 3. The first-order valence-electron chi connectivity index (χ1n) is 9.94. The van der Waals surface area contributed by atoms with Gasteiger partial charge in [-0.1, -0.05) is 17.7 Å². The second-order valence-electron chi connectivity index (χ2n) is 8.15. The van der Waals surface area contributed by atoms with Crippen LogP contribution < -0.4 is 9.62 Å². The summed E-state index contributed by atoms with van der Waals surface area (Å²) in [6.45, 7) is 5.16. The Morgan fingerprint density at radius 2 is 1.87 bits per heavy atom. The molecule has 2 fully saturated rings. The zero-order valence-corrected chi connectivity index (χ0v) is 18.4. The van der Waals surface area contributed by atoms with Crippen LogP contribution in [0.15, 0.2) is 29.2 Å². The molecule has 1 unspecified atom stereocenters. The molecule has 0 amide bonds.